The average molecular weight is 276 g/mol. The number of rotatable bonds is 2. The van der Waals surface area contributed by atoms with E-state index in [-0.39, 0.29) is 6.04 Å². The number of nitrogen functional groups attached to an aromatic ring is 1. The van der Waals surface area contributed by atoms with Gasteiger partial charge in [-0.15, -0.1) is 0 Å². The van der Waals surface area contributed by atoms with Crippen LogP contribution in [0.25, 0.3) is 11.1 Å². The van der Waals surface area contributed by atoms with Crippen LogP contribution in [-0.2, 0) is 0 Å². The second-order valence-electron chi connectivity index (χ2n) is 4.93. The van der Waals surface area contributed by atoms with E-state index in [9.17, 15) is 4.79 Å². The van der Waals surface area contributed by atoms with Gasteiger partial charge in [0.15, 0.2) is 5.58 Å². The summed E-state index contributed by atoms with van der Waals surface area (Å²) in [6.45, 7) is 1.06. The summed E-state index contributed by atoms with van der Waals surface area (Å²) < 4.78 is 5.59. The minimum absolute atomic E-state index is 0.177. The molecule has 0 radical (unpaired) electrons. The van der Waals surface area contributed by atoms with Crippen molar-refractivity contribution in [3.63, 3.8) is 0 Å². The highest BCUT2D eigenvalue weighted by molar-refractivity contribution is 5.78. The predicted molar refractivity (Wildman–Crippen MR) is 74.7 cm³/mol. The molecule has 0 aliphatic carbocycles. The summed E-state index contributed by atoms with van der Waals surface area (Å²) in [4.78, 5) is 16.6. The number of nitrogens with one attached hydrogen (secondary N) is 1. The summed E-state index contributed by atoms with van der Waals surface area (Å²) in [5, 5.41) is 12.1. The van der Waals surface area contributed by atoms with Crippen molar-refractivity contribution in [3.8, 4) is 0 Å². The molecule has 1 amide bonds. The number of anilines is 2. The molecule has 1 aliphatic rings. The molecule has 1 aromatic heterocycles. The Labute approximate surface area is 115 Å². The van der Waals surface area contributed by atoms with E-state index in [4.69, 9.17) is 15.3 Å². The zero-order valence-electron chi connectivity index (χ0n) is 10.9. The monoisotopic (exact) mass is 276 g/mol. The average Bonchev–Trinajstić information content (AvgIpc) is 2.80. The Hall–Kier alpha value is -2.44. The van der Waals surface area contributed by atoms with Crippen molar-refractivity contribution < 1.29 is 14.3 Å². The molecule has 1 aromatic carbocycles. The Bertz CT molecular complexity index is 632. The van der Waals surface area contributed by atoms with Crippen molar-refractivity contribution in [1.82, 2.24) is 9.88 Å². The highest BCUT2D eigenvalue weighted by Gasteiger charge is 2.23. The van der Waals surface area contributed by atoms with Gasteiger partial charge in [0.25, 0.3) is 6.01 Å². The molecule has 0 spiro atoms. The lowest BCUT2D eigenvalue weighted by atomic mass is 10.1. The van der Waals surface area contributed by atoms with Gasteiger partial charge in [0.1, 0.15) is 5.52 Å². The molecule has 7 nitrogen and oxygen atoms in total. The lowest BCUT2D eigenvalue weighted by Gasteiger charge is -2.29. The van der Waals surface area contributed by atoms with E-state index in [2.05, 4.69) is 10.3 Å². The maximum Gasteiger partial charge on any atom is 0.407 e. The molecule has 0 saturated carbocycles. The van der Waals surface area contributed by atoms with Crippen LogP contribution >= 0.6 is 0 Å². The standard InChI is InChI=1S/C13H16N4O3/c14-8-1-2-11-10(7-8)16-12(20-11)15-9-3-5-17(6-4-9)13(18)19/h1-2,7,9H,3-6,14H2,(H,15,16)(H,18,19). The molecule has 0 atom stereocenters. The van der Waals surface area contributed by atoms with Crippen LogP contribution in [0.15, 0.2) is 22.6 Å². The maximum atomic E-state index is 10.8. The van der Waals surface area contributed by atoms with Crippen molar-refractivity contribution in [2.45, 2.75) is 18.9 Å². The molecule has 2 heterocycles. The first-order valence-corrected chi connectivity index (χ1v) is 6.52. The van der Waals surface area contributed by atoms with Gasteiger partial charge >= 0.3 is 6.09 Å². The maximum absolute atomic E-state index is 10.8. The lowest BCUT2D eigenvalue weighted by Crippen LogP contribution is -2.41. The summed E-state index contributed by atoms with van der Waals surface area (Å²) >= 11 is 0. The van der Waals surface area contributed by atoms with Crippen molar-refractivity contribution in [2.75, 3.05) is 24.1 Å². The molecule has 0 bridgehead atoms. The number of hydrogen-bond donors (Lipinski definition) is 3. The normalized spacial score (nSPS) is 16.5. The topological polar surface area (TPSA) is 105 Å². The minimum atomic E-state index is -0.860. The van der Waals surface area contributed by atoms with Gasteiger partial charge in [0.2, 0.25) is 0 Å². The Kier molecular flexibility index (Phi) is 3.09. The van der Waals surface area contributed by atoms with Crippen LogP contribution in [0, 0.1) is 0 Å². The first-order chi connectivity index (χ1) is 9.61. The number of likely N-dealkylation sites (tertiary alicyclic amines) is 1. The van der Waals surface area contributed by atoms with E-state index in [1.165, 1.54) is 4.90 Å². The fourth-order valence-corrected chi connectivity index (χ4v) is 2.40. The summed E-state index contributed by atoms with van der Waals surface area (Å²) in [6.07, 6.45) is 0.626. The highest BCUT2D eigenvalue weighted by atomic mass is 16.4. The zero-order valence-corrected chi connectivity index (χ0v) is 10.9. The number of nitrogens with zero attached hydrogens (tertiary/aromatic N) is 2. The number of piperidine rings is 1. The summed E-state index contributed by atoms with van der Waals surface area (Å²) in [6, 6.07) is 5.95. The van der Waals surface area contributed by atoms with Crippen LogP contribution < -0.4 is 11.1 Å². The molecule has 0 unspecified atom stereocenters. The second kappa shape index (κ2) is 4.92. The Balaban J connectivity index is 1.66. The fourth-order valence-electron chi connectivity index (χ4n) is 2.40. The SMILES string of the molecule is Nc1ccc2oc(NC3CCN(C(=O)O)CC3)nc2c1. The first kappa shape index (κ1) is 12.6. The number of carboxylic acid groups (broad SMARTS) is 1. The number of hydrogen-bond acceptors (Lipinski definition) is 5. The van der Waals surface area contributed by atoms with E-state index in [1.54, 1.807) is 18.2 Å². The van der Waals surface area contributed by atoms with E-state index in [0.717, 1.165) is 18.4 Å². The number of amides is 1. The molecular weight excluding hydrogens is 260 g/mol. The number of oxazole rings is 1. The molecule has 2 aromatic rings. The number of benzene rings is 1. The molecule has 4 N–H and O–H groups in total. The first-order valence-electron chi connectivity index (χ1n) is 6.52. The van der Waals surface area contributed by atoms with Crippen molar-refractivity contribution >= 4 is 28.9 Å². The summed E-state index contributed by atoms with van der Waals surface area (Å²) in [7, 11) is 0. The van der Waals surface area contributed by atoms with Gasteiger partial charge in [-0.25, -0.2) is 4.79 Å². The molecule has 1 saturated heterocycles. The minimum Gasteiger partial charge on any atom is -0.465 e. The van der Waals surface area contributed by atoms with Crippen LogP contribution in [0.2, 0.25) is 0 Å². The van der Waals surface area contributed by atoms with E-state index in [1.807, 2.05) is 0 Å². The van der Waals surface area contributed by atoms with Crippen LogP contribution in [0.3, 0.4) is 0 Å². The van der Waals surface area contributed by atoms with Gasteiger partial charge < -0.3 is 25.5 Å². The van der Waals surface area contributed by atoms with Gasteiger partial charge in [0, 0.05) is 24.8 Å². The van der Waals surface area contributed by atoms with Crippen LogP contribution in [0.1, 0.15) is 12.8 Å². The van der Waals surface area contributed by atoms with Crippen LogP contribution in [0.4, 0.5) is 16.5 Å². The van der Waals surface area contributed by atoms with Gasteiger partial charge in [-0.2, -0.15) is 4.98 Å². The van der Waals surface area contributed by atoms with Crippen LogP contribution in [-0.4, -0.2) is 40.2 Å². The lowest BCUT2D eigenvalue weighted by molar-refractivity contribution is 0.133. The van der Waals surface area contributed by atoms with Gasteiger partial charge in [-0.1, -0.05) is 0 Å². The smallest absolute Gasteiger partial charge is 0.407 e. The van der Waals surface area contributed by atoms with Gasteiger partial charge in [-0.3, -0.25) is 0 Å². The fraction of sp³-hybridized carbons (Fsp3) is 0.385. The predicted octanol–water partition coefficient (Wildman–Crippen LogP) is 1.96. The van der Waals surface area contributed by atoms with Gasteiger partial charge in [-0.05, 0) is 31.0 Å². The number of nitrogens with two attached hydrogens (primary N) is 1. The molecule has 20 heavy (non-hydrogen) atoms. The number of aromatic nitrogens is 1. The summed E-state index contributed by atoms with van der Waals surface area (Å²) in [5.41, 5.74) is 7.75. The van der Waals surface area contributed by atoms with E-state index >= 15 is 0 Å². The largest absolute Gasteiger partial charge is 0.465 e. The van der Waals surface area contributed by atoms with E-state index < -0.39 is 6.09 Å². The van der Waals surface area contributed by atoms with Crippen molar-refractivity contribution in [2.24, 2.45) is 0 Å². The van der Waals surface area contributed by atoms with Gasteiger partial charge in [0.05, 0.1) is 0 Å². The van der Waals surface area contributed by atoms with Crippen molar-refractivity contribution in [1.29, 1.82) is 0 Å². The number of carbonyl (C=O) groups is 1. The van der Waals surface area contributed by atoms with Crippen molar-refractivity contribution in [3.05, 3.63) is 18.2 Å². The van der Waals surface area contributed by atoms with E-state index in [0.29, 0.717) is 30.4 Å². The quantitative estimate of drug-likeness (QED) is 0.724. The number of fused-ring (bicyclic) bond motifs is 1. The zero-order chi connectivity index (χ0) is 14.1. The second-order valence-corrected chi connectivity index (χ2v) is 4.93. The highest BCUT2D eigenvalue weighted by Crippen LogP contribution is 2.23. The third-order valence-corrected chi connectivity index (χ3v) is 3.50. The Morgan fingerprint density at radius 2 is 2.20 bits per heavy atom. The molecule has 1 fully saturated rings. The summed E-state index contributed by atoms with van der Waals surface area (Å²) in [5.74, 6) is 0. The molecule has 3 rings (SSSR count). The molecule has 1 aliphatic heterocycles. The third-order valence-electron chi connectivity index (χ3n) is 3.50. The van der Waals surface area contributed by atoms with Crippen LogP contribution in [0.5, 0.6) is 0 Å². The molecular formula is C13H16N4O3. The Morgan fingerprint density at radius 3 is 2.90 bits per heavy atom. The molecule has 7 heteroatoms. The third kappa shape index (κ3) is 2.47. The molecule has 106 valence electrons. The Morgan fingerprint density at radius 1 is 1.45 bits per heavy atom.